The number of anilines is 2. The number of hydrogen-bond acceptors (Lipinski definition) is 2. The average molecular weight is 377 g/mol. The molecule has 3 aromatic rings. The normalized spacial score (nSPS) is 14.3. The zero-order chi connectivity index (χ0) is 19.7. The largest absolute Gasteiger partial charge is 0.358 e. The van der Waals surface area contributed by atoms with E-state index in [2.05, 4.69) is 46.5 Å². The number of aromatic nitrogens is 1. The molecule has 2 amide bonds. The molecule has 5 nitrogen and oxygen atoms in total. The molecule has 0 saturated heterocycles. The van der Waals surface area contributed by atoms with E-state index in [4.69, 9.17) is 0 Å². The van der Waals surface area contributed by atoms with E-state index < -0.39 is 0 Å². The number of benzene rings is 2. The number of amides is 2. The topological polar surface area (TPSA) is 60.2 Å². The van der Waals surface area contributed by atoms with Gasteiger partial charge in [0.05, 0.1) is 0 Å². The van der Waals surface area contributed by atoms with E-state index in [9.17, 15) is 4.79 Å². The quantitative estimate of drug-likeness (QED) is 0.591. The van der Waals surface area contributed by atoms with Gasteiger partial charge in [-0.1, -0.05) is 32.0 Å². The molecule has 0 unspecified atom stereocenters. The van der Waals surface area contributed by atoms with Crippen molar-refractivity contribution in [2.75, 3.05) is 23.7 Å². The highest BCUT2D eigenvalue weighted by atomic mass is 16.2. The van der Waals surface area contributed by atoms with Gasteiger partial charge in [0.2, 0.25) is 0 Å². The lowest BCUT2D eigenvalue weighted by Crippen LogP contribution is -2.33. The number of hydrogen-bond donors (Lipinski definition) is 3. The number of carbonyl (C=O) groups excluding carboxylic acids is 1. The Hall–Kier alpha value is -2.79. The minimum Gasteiger partial charge on any atom is -0.358 e. The van der Waals surface area contributed by atoms with Crippen LogP contribution in [-0.4, -0.2) is 29.0 Å². The van der Waals surface area contributed by atoms with Crippen molar-refractivity contribution in [2.24, 2.45) is 5.92 Å². The highest BCUT2D eigenvalue weighted by Gasteiger charge is 2.21. The lowest BCUT2D eigenvalue weighted by Gasteiger charge is -2.28. The van der Waals surface area contributed by atoms with Crippen molar-refractivity contribution in [2.45, 2.75) is 33.7 Å². The third kappa shape index (κ3) is 3.90. The molecule has 2 aromatic carbocycles. The third-order valence-corrected chi connectivity index (χ3v) is 5.33. The van der Waals surface area contributed by atoms with Crippen LogP contribution in [0.4, 0.5) is 16.2 Å². The van der Waals surface area contributed by atoms with E-state index >= 15 is 0 Å². The zero-order valence-corrected chi connectivity index (χ0v) is 16.8. The lowest BCUT2D eigenvalue weighted by molar-refractivity contribution is 0.226. The van der Waals surface area contributed by atoms with Crippen LogP contribution in [0, 0.1) is 12.8 Å². The van der Waals surface area contributed by atoms with Crippen LogP contribution >= 0.6 is 0 Å². The molecule has 146 valence electrons. The molecule has 0 aliphatic carbocycles. The SMILES string of the molecule is Cc1ccccc1NC(=O)Nc1ccc2[nH]c3c(c2c1)CN(CC(C)C)CC3. The summed E-state index contributed by atoms with van der Waals surface area (Å²) < 4.78 is 0. The summed E-state index contributed by atoms with van der Waals surface area (Å²) in [6.07, 6.45) is 1.05. The lowest BCUT2D eigenvalue weighted by atomic mass is 10.0. The predicted molar refractivity (Wildman–Crippen MR) is 116 cm³/mol. The summed E-state index contributed by atoms with van der Waals surface area (Å²) in [7, 11) is 0. The Morgan fingerprint density at radius 2 is 2.00 bits per heavy atom. The van der Waals surface area contributed by atoms with Crippen molar-refractivity contribution in [3.8, 4) is 0 Å². The Kier molecular flexibility index (Phi) is 5.09. The molecule has 0 saturated carbocycles. The van der Waals surface area contributed by atoms with Crippen LogP contribution in [0.2, 0.25) is 0 Å². The number of nitrogens with one attached hydrogen (secondary N) is 3. The maximum Gasteiger partial charge on any atom is 0.323 e. The number of rotatable bonds is 4. The Morgan fingerprint density at radius 1 is 1.18 bits per heavy atom. The van der Waals surface area contributed by atoms with Crippen LogP contribution < -0.4 is 10.6 Å². The molecule has 1 aromatic heterocycles. The first kappa shape index (κ1) is 18.6. The summed E-state index contributed by atoms with van der Waals surface area (Å²) in [5.74, 6) is 0.661. The number of aryl methyl sites for hydroxylation is 1. The molecule has 0 atom stereocenters. The second-order valence-electron chi connectivity index (χ2n) is 8.12. The summed E-state index contributed by atoms with van der Waals surface area (Å²) in [4.78, 5) is 18.5. The van der Waals surface area contributed by atoms with Crippen LogP contribution in [-0.2, 0) is 13.0 Å². The number of nitrogens with zero attached hydrogens (tertiary/aromatic N) is 1. The highest BCUT2D eigenvalue weighted by Crippen LogP contribution is 2.30. The van der Waals surface area contributed by atoms with Gasteiger partial charge in [0.25, 0.3) is 0 Å². The standard InChI is InChI=1S/C23H28N4O/c1-15(2)13-27-11-10-22-19(14-27)18-12-17(8-9-21(18)25-22)24-23(28)26-20-7-5-4-6-16(20)3/h4-9,12,15,25H,10-11,13-14H2,1-3H3,(H2,24,26,28). The van der Waals surface area contributed by atoms with Crippen molar-refractivity contribution >= 4 is 28.3 Å². The van der Waals surface area contributed by atoms with Gasteiger partial charge in [-0.05, 0) is 48.2 Å². The second kappa shape index (κ2) is 7.68. The average Bonchev–Trinajstić information content (AvgIpc) is 3.00. The van der Waals surface area contributed by atoms with E-state index in [1.807, 2.05) is 37.3 Å². The highest BCUT2D eigenvalue weighted by molar-refractivity contribution is 6.01. The summed E-state index contributed by atoms with van der Waals surface area (Å²) in [6, 6.07) is 13.6. The molecule has 4 rings (SSSR count). The molecular weight excluding hydrogens is 348 g/mol. The zero-order valence-electron chi connectivity index (χ0n) is 16.8. The van der Waals surface area contributed by atoms with Gasteiger partial charge in [-0.25, -0.2) is 4.79 Å². The number of carbonyl (C=O) groups is 1. The van der Waals surface area contributed by atoms with Crippen molar-refractivity contribution in [1.29, 1.82) is 0 Å². The second-order valence-corrected chi connectivity index (χ2v) is 8.12. The molecule has 2 heterocycles. The summed E-state index contributed by atoms with van der Waals surface area (Å²) in [5, 5.41) is 7.10. The monoisotopic (exact) mass is 376 g/mol. The summed E-state index contributed by atoms with van der Waals surface area (Å²) >= 11 is 0. The Balaban J connectivity index is 1.53. The Morgan fingerprint density at radius 3 is 2.79 bits per heavy atom. The minimum absolute atomic E-state index is 0.223. The molecule has 0 bridgehead atoms. The summed E-state index contributed by atoms with van der Waals surface area (Å²) in [5.41, 5.74) is 6.51. The molecule has 0 spiro atoms. The smallest absolute Gasteiger partial charge is 0.323 e. The van der Waals surface area contributed by atoms with E-state index in [1.54, 1.807) is 0 Å². The van der Waals surface area contributed by atoms with E-state index in [0.29, 0.717) is 5.92 Å². The fraction of sp³-hybridized carbons (Fsp3) is 0.348. The van der Waals surface area contributed by atoms with Gasteiger partial charge in [-0.2, -0.15) is 0 Å². The van der Waals surface area contributed by atoms with Gasteiger partial charge in [-0.15, -0.1) is 0 Å². The fourth-order valence-electron chi connectivity index (χ4n) is 4.02. The first-order chi connectivity index (χ1) is 13.5. The number of H-pyrrole nitrogens is 1. The first-order valence-corrected chi connectivity index (χ1v) is 9.99. The maximum absolute atomic E-state index is 12.4. The summed E-state index contributed by atoms with van der Waals surface area (Å²) in [6.45, 7) is 9.69. The number of fused-ring (bicyclic) bond motifs is 3. The third-order valence-electron chi connectivity index (χ3n) is 5.33. The molecule has 1 aliphatic heterocycles. The molecule has 1 aliphatic rings. The van der Waals surface area contributed by atoms with Crippen LogP contribution in [0.3, 0.4) is 0 Å². The van der Waals surface area contributed by atoms with Crippen LogP contribution in [0.25, 0.3) is 10.9 Å². The first-order valence-electron chi connectivity index (χ1n) is 9.99. The van der Waals surface area contributed by atoms with E-state index in [-0.39, 0.29) is 6.03 Å². The number of para-hydroxylation sites is 1. The van der Waals surface area contributed by atoms with E-state index in [0.717, 1.165) is 48.5 Å². The molecule has 5 heteroatoms. The van der Waals surface area contributed by atoms with E-state index in [1.165, 1.54) is 16.6 Å². The molecule has 0 radical (unpaired) electrons. The van der Waals surface area contributed by atoms with Crippen molar-refractivity contribution in [3.05, 3.63) is 59.3 Å². The van der Waals surface area contributed by atoms with Gasteiger partial charge < -0.3 is 15.6 Å². The van der Waals surface area contributed by atoms with Crippen molar-refractivity contribution in [1.82, 2.24) is 9.88 Å². The Bertz CT molecular complexity index is 1010. The van der Waals surface area contributed by atoms with Crippen molar-refractivity contribution < 1.29 is 4.79 Å². The molecule has 0 fully saturated rings. The fourth-order valence-corrected chi connectivity index (χ4v) is 4.02. The van der Waals surface area contributed by atoms with Crippen LogP contribution in [0.15, 0.2) is 42.5 Å². The van der Waals surface area contributed by atoms with Crippen LogP contribution in [0.1, 0.15) is 30.7 Å². The molecular formula is C23H28N4O. The van der Waals surface area contributed by atoms with Gasteiger partial charge in [-0.3, -0.25) is 4.90 Å². The van der Waals surface area contributed by atoms with Crippen molar-refractivity contribution in [3.63, 3.8) is 0 Å². The van der Waals surface area contributed by atoms with Gasteiger partial charge >= 0.3 is 6.03 Å². The maximum atomic E-state index is 12.4. The van der Waals surface area contributed by atoms with Gasteiger partial charge in [0.1, 0.15) is 0 Å². The van der Waals surface area contributed by atoms with Gasteiger partial charge in [0.15, 0.2) is 0 Å². The predicted octanol–water partition coefficient (Wildman–Crippen LogP) is 5.13. The van der Waals surface area contributed by atoms with Gasteiger partial charge in [0, 0.05) is 54.0 Å². The molecule has 3 N–H and O–H groups in total. The molecule has 28 heavy (non-hydrogen) atoms. The number of aromatic amines is 1. The Labute approximate surface area is 166 Å². The number of urea groups is 1. The van der Waals surface area contributed by atoms with Crippen LogP contribution in [0.5, 0.6) is 0 Å². The minimum atomic E-state index is -0.223.